The molecule has 0 unspecified atom stereocenters. The topological polar surface area (TPSA) is 79.4 Å². The van der Waals surface area contributed by atoms with E-state index in [1.165, 1.54) is 0 Å². The number of nitrogens with zero attached hydrogens (tertiary/aromatic N) is 5. The average molecular weight is 401 g/mol. The van der Waals surface area contributed by atoms with E-state index in [0.29, 0.717) is 12.6 Å². The quantitative estimate of drug-likeness (QED) is 0.724. The van der Waals surface area contributed by atoms with Crippen LogP contribution in [0, 0.1) is 0 Å². The third-order valence-electron chi connectivity index (χ3n) is 5.44. The molecule has 2 fully saturated rings. The number of aromatic amines is 1. The molecule has 28 heavy (non-hydrogen) atoms. The number of anilines is 2. The van der Waals surface area contributed by atoms with Crippen molar-refractivity contribution in [3.63, 3.8) is 0 Å². The Labute approximate surface area is 167 Å². The SMILES string of the molecule is C[C@@H]1COCCN1c1cc(N2CCOC[C@@H]2C)nc2nc(-c3cscn3)[nH]c12. The number of aromatic nitrogens is 4. The Hall–Kier alpha value is -2.23. The highest BCUT2D eigenvalue weighted by molar-refractivity contribution is 7.07. The Morgan fingerprint density at radius 1 is 1.07 bits per heavy atom. The van der Waals surface area contributed by atoms with Gasteiger partial charge in [0.15, 0.2) is 11.5 Å². The van der Waals surface area contributed by atoms with Gasteiger partial charge in [0.2, 0.25) is 0 Å². The first-order valence-corrected chi connectivity index (χ1v) is 10.6. The second-order valence-corrected chi connectivity index (χ2v) is 8.11. The van der Waals surface area contributed by atoms with Gasteiger partial charge in [-0.1, -0.05) is 0 Å². The fourth-order valence-corrected chi connectivity index (χ4v) is 4.47. The molecule has 2 atom stereocenters. The van der Waals surface area contributed by atoms with Crippen LogP contribution < -0.4 is 9.80 Å². The van der Waals surface area contributed by atoms with Crippen LogP contribution in [0.2, 0.25) is 0 Å². The maximum atomic E-state index is 5.65. The molecule has 2 aliphatic heterocycles. The Bertz CT molecular complexity index is 959. The van der Waals surface area contributed by atoms with E-state index in [1.807, 2.05) is 10.9 Å². The molecule has 0 aliphatic carbocycles. The summed E-state index contributed by atoms with van der Waals surface area (Å²) in [5.74, 6) is 1.71. The number of morpholine rings is 2. The Morgan fingerprint density at radius 3 is 2.50 bits per heavy atom. The summed E-state index contributed by atoms with van der Waals surface area (Å²) >= 11 is 1.56. The van der Waals surface area contributed by atoms with Crippen LogP contribution in [-0.4, -0.2) is 71.5 Å². The normalized spacial score (nSPS) is 23.5. The molecular formula is C19H24N6O2S. The third-order valence-corrected chi connectivity index (χ3v) is 6.03. The summed E-state index contributed by atoms with van der Waals surface area (Å²) in [5.41, 5.74) is 5.49. The highest BCUT2D eigenvalue weighted by Gasteiger charge is 2.27. The van der Waals surface area contributed by atoms with Crippen LogP contribution in [-0.2, 0) is 9.47 Å². The number of hydrogen-bond acceptors (Lipinski definition) is 8. The van der Waals surface area contributed by atoms with E-state index in [4.69, 9.17) is 19.4 Å². The fourth-order valence-electron chi connectivity index (χ4n) is 3.94. The molecule has 0 bridgehead atoms. The van der Waals surface area contributed by atoms with Crippen LogP contribution in [0.3, 0.4) is 0 Å². The molecule has 1 N–H and O–H groups in total. The molecule has 5 heterocycles. The second-order valence-electron chi connectivity index (χ2n) is 7.39. The van der Waals surface area contributed by atoms with Gasteiger partial charge < -0.3 is 24.3 Å². The van der Waals surface area contributed by atoms with Gasteiger partial charge in [0.25, 0.3) is 0 Å². The van der Waals surface area contributed by atoms with E-state index in [9.17, 15) is 0 Å². The van der Waals surface area contributed by atoms with Crippen molar-refractivity contribution in [3.8, 4) is 11.5 Å². The number of imidazole rings is 1. The van der Waals surface area contributed by atoms with Crippen LogP contribution in [0.4, 0.5) is 11.5 Å². The molecule has 0 aromatic carbocycles. The molecule has 9 heteroatoms. The Balaban J connectivity index is 1.65. The molecule has 0 saturated carbocycles. The largest absolute Gasteiger partial charge is 0.377 e. The Morgan fingerprint density at radius 2 is 1.82 bits per heavy atom. The molecule has 0 spiro atoms. The van der Waals surface area contributed by atoms with Crippen molar-refractivity contribution in [1.82, 2.24) is 19.9 Å². The van der Waals surface area contributed by atoms with Crippen LogP contribution in [0.15, 0.2) is 17.0 Å². The maximum absolute atomic E-state index is 5.65. The lowest BCUT2D eigenvalue weighted by Gasteiger charge is -2.37. The second kappa shape index (κ2) is 7.31. The monoisotopic (exact) mass is 400 g/mol. The summed E-state index contributed by atoms with van der Waals surface area (Å²) in [4.78, 5) is 22.3. The van der Waals surface area contributed by atoms with Gasteiger partial charge in [-0.05, 0) is 13.8 Å². The van der Waals surface area contributed by atoms with Crippen molar-refractivity contribution in [2.45, 2.75) is 25.9 Å². The maximum Gasteiger partial charge on any atom is 0.182 e. The zero-order valence-electron chi connectivity index (χ0n) is 16.1. The van der Waals surface area contributed by atoms with Gasteiger partial charge in [-0.15, -0.1) is 11.3 Å². The first kappa shape index (κ1) is 17.8. The highest BCUT2D eigenvalue weighted by Crippen LogP contribution is 2.33. The molecule has 148 valence electrons. The minimum Gasteiger partial charge on any atom is -0.377 e. The summed E-state index contributed by atoms with van der Waals surface area (Å²) < 4.78 is 11.3. The number of nitrogens with one attached hydrogen (secondary N) is 1. The first-order valence-electron chi connectivity index (χ1n) is 9.69. The van der Waals surface area contributed by atoms with Crippen LogP contribution >= 0.6 is 11.3 Å². The molecule has 0 radical (unpaired) electrons. The number of thiazole rings is 1. The van der Waals surface area contributed by atoms with Crippen LogP contribution in [0.5, 0.6) is 0 Å². The van der Waals surface area contributed by atoms with Gasteiger partial charge in [0.1, 0.15) is 17.0 Å². The minimum atomic E-state index is 0.283. The number of H-pyrrole nitrogens is 1. The van der Waals surface area contributed by atoms with E-state index in [0.717, 1.165) is 67.1 Å². The number of hydrogen-bond donors (Lipinski definition) is 1. The number of fused-ring (bicyclic) bond motifs is 1. The molecule has 2 saturated heterocycles. The van der Waals surface area contributed by atoms with Crippen molar-refractivity contribution >= 4 is 34.0 Å². The standard InChI is InChI=1S/C19H24N6O2S/c1-12-8-26-5-3-24(12)15-7-16(25-4-6-27-9-13(25)2)21-19-17(15)22-18(23-19)14-10-28-11-20-14/h7,10-13H,3-6,8-9H2,1-2H3,(H,21,22,23)/t12-,13+/m1/s1. The van der Waals surface area contributed by atoms with Crippen LogP contribution in [0.1, 0.15) is 13.8 Å². The van der Waals surface area contributed by atoms with Crippen molar-refractivity contribution in [2.24, 2.45) is 0 Å². The van der Waals surface area contributed by atoms with Gasteiger partial charge >= 0.3 is 0 Å². The van der Waals surface area contributed by atoms with Crippen molar-refractivity contribution < 1.29 is 9.47 Å². The number of ether oxygens (including phenoxy) is 2. The lowest BCUT2D eigenvalue weighted by Crippen LogP contribution is -2.45. The summed E-state index contributed by atoms with van der Waals surface area (Å²) in [7, 11) is 0. The van der Waals surface area contributed by atoms with E-state index in [1.54, 1.807) is 11.3 Å². The van der Waals surface area contributed by atoms with E-state index >= 15 is 0 Å². The highest BCUT2D eigenvalue weighted by atomic mass is 32.1. The molecular weight excluding hydrogens is 376 g/mol. The van der Waals surface area contributed by atoms with Crippen molar-refractivity contribution in [2.75, 3.05) is 49.3 Å². The molecule has 2 aliphatic rings. The van der Waals surface area contributed by atoms with Gasteiger partial charge in [-0.25, -0.2) is 15.0 Å². The summed E-state index contributed by atoms with van der Waals surface area (Å²) in [6.45, 7) is 8.94. The number of rotatable bonds is 3. The molecule has 3 aromatic heterocycles. The lowest BCUT2D eigenvalue weighted by molar-refractivity contribution is 0.0981. The van der Waals surface area contributed by atoms with E-state index < -0.39 is 0 Å². The van der Waals surface area contributed by atoms with Gasteiger partial charge in [-0.3, -0.25) is 0 Å². The zero-order chi connectivity index (χ0) is 19.1. The summed E-state index contributed by atoms with van der Waals surface area (Å²) in [5, 5.41) is 2.00. The fraction of sp³-hybridized carbons (Fsp3) is 0.526. The van der Waals surface area contributed by atoms with Gasteiger partial charge in [-0.2, -0.15) is 0 Å². The molecule has 8 nitrogen and oxygen atoms in total. The molecule has 3 aromatic rings. The Kier molecular flexibility index (Phi) is 4.65. The van der Waals surface area contributed by atoms with E-state index in [-0.39, 0.29) is 6.04 Å². The van der Waals surface area contributed by atoms with Crippen molar-refractivity contribution in [1.29, 1.82) is 0 Å². The minimum absolute atomic E-state index is 0.283. The number of pyridine rings is 1. The summed E-state index contributed by atoms with van der Waals surface area (Å²) in [6.07, 6.45) is 0. The first-order chi connectivity index (χ1) is 13.7. The smallest absolute Gasteiger partial charge is 0.182 e. The van der Waals surface area contributed by atoms with E-state index in [2.05, 4.69) is 39.7 Å². The van der Waals surface area contributed by atoms with Crippen LogP contribution in [0.25, 0.3) is 22.7 Å². The van der Waals surface area contributed by atoms with Gasteiger partial charge in [0.05, 0.1) is 43.7 Å². The summed E-state index contributed by atoms with van der Waals surface area (Å²) in [6, 6.07) is 2.76. The molecule has 5 rings (SSSR count). The average Bonchev–Trinajstić information content (AvgIpc) is 3.37. The molecule has 0 amide bonds. The zero-order valence-corrected chi connectivity index (χ0v) is 16.9. The lowest BCUT2D eigenvalue weighted by atomic mass is 10.2. The van der Waals surface area contributed by atoms with Crippen molar-refractivity contribution in [3.05, 3.63) is 17.0 Å². The van der Waals surface area contributed by atoms with Gasteiger partial charge in [0, 0.05) is 30.6 Å². The third kappa shape index (κ3) is 3.13. The predicted octanol–water partition coefficient (Wildman–Crippen LogP) is 2.53. The predicted molar refractivity (Wildman–Crippen MR) is 110 cm³/mol.